The lowest BCUT2D eigenvalue weighted by molar-refractivity contribution is -0.192. The van der Waals surface area contributed by atoms with Crippen molar-refractivity contribution >= 4 is 35.8 Å². The first-order chi connectivity index (χ1) is 29.1. The fourth-order valence-electron chi connectivity index (χ4n) is 7.10. The number of ether oxygens (including phenoxy) is 4. The molecule has 0 aliphatic rings. The van der Waals surface area contributed by atoms with Crippen LogP contribution in [-0.2, 0) is 47.7 Å². The molecule has 0 radical (unpaired) electrons. The first-order valence-electron chi connectivity index (χ1n) is 24.3. The zero-order valence-electron chi connectivity index (χ0n) is 38.0. The van der Waals surface area contributed by atoms with E-state index in [4.69, 9.17) is 29.2 Å². The Kier molecular flexibility index (Phi) is 40.3. The van der Waals surface area contributed by atoms with Crippen LogP contribution in [0.5, 0.6) is 0 Å². The van der Waals surface area contributed by atoms with Crippen molar-refractivity contribution in [2.45, 2.75) is 257 Å². The Morgan fingerprint density at radius 1 is 0.333 bits per heavy atom. The van der Waals surface area contributed by atoms with Crippen LogP contribution >= 0.6 is 0 Å². The summed E-state index contributed by atoms with van der Waals surface area (Å²) in [7, 11) is 0. The molecule has 2 N–H and O–H groups in total. The fourth-order valence-corrected chi connectivity index (χ4v) is 7.10. The average molecular weight is 855 g/mol. The molecule has 0 aliphatic heterocycles. The highest BCUT2D eigenvalue weighted by atomic mass is 16.6. The van der Waals surface area contributed by atoms with Crippen LogP contribution in [0.2, 0.25) is 0 Å². The second-order valence-electron chi connectivity index (χ2n) is 16.5. The van der Waals surface area contributed by atoms with Gasteiger partial charge < -0.3 is 29.2 Å². The van der Waals surface area contributed by atoms with E-state index in [1.807, 2.05) is 0 Å². The molecule has 12 nitrogen and oxygen atoms in total. The maximum absolute atomic E-state index is 13.3. The van der Waals surface area contributed by atoms with Crippen LogP contribution in [0.1, 0.15) is 245 Å². The Labute approximate surface area is 363 Å². The van der Waals surface area contributed by atoms with Crippen molar-refractivity contribution in [3.05, 3.63) is 0 Å². The predicted molar refractivity (Wildman–Crippen MR) is 235 cm³/mol. The number of rotatable bonds is 45. The van der Waals surface area contributed by atoms with Gasteiger partial charge in [-0.1, -0.05) is 206 Å². The molecule has 0 aliphatic carbocycles. The van der Waals surface area contributed by atoms with Crippen LogP contribution in [-0.4, -0.2) is 71.5 Å². The Bertz CT molecular complexity index is 1010. The van der Waals surface area contributed by atoms with E-state index in [1.54, 1.807) is 0 Å². The molecule has 0 rings (SSSR count). The first kappa shape index (κ1) is 56.8. The minimum atomic E-state index is -2.06. The van der Waals surface area contributed by atoms with Crippen molar-refractivity contribution in [2.24, 2.45) is 0 Å². The first-order valence-corrected chi connectivity index (χ1v) is 24.3. The molecule has 0 aromatic heterocycles. The summed E-state index contributed by atoms with van der Waals surface area (Å²) < 4.78 is 21.2. The van der Waals surface area contributed by atoms with Gasteiger partial charge in [-0.25, -0.2) is 9.59 Å². The monoisotopic (exact) mass is 855 g/mol. The Morgan fingerprint density at radius 3 is 0.767 bits per heavy atom. The molecule has 0 amide bonds. The van der Waals surface area contributed by atoms with E-state index in [-0.39, 0.29) is 13.2 Å². The third kappa shape index (κ3) is 37.8. The molecule has 0 bridgehead atoms. The SMILES string of the molecule is CCCCCCCCCCCCCCCCCCOC(=O)C(OC(=O)CCC(=O)O)C(OC(=O)CCC(=O)O)C(=O)OCCCCCCCCCCCCCCCCCC. The van der Waals surface area contributed by atoms with Gasteiger partial charge in [0.15, 0.2) is 0 Å². The molecule has 0 heterocycles. The molecule has 0 saturated carbocycles. The molecule has 350 valence electrons. The van der Waals surface area contributed by atoms with E-state index in [2.05, 4.69) is 13.8 Å². The highest BCUT2D eigenvalue weighted by molar-refractivity contribution is 5.90. The summed E-state index contributed by atoms with van der Waals surface area (Å²) >= 11 is 0. The highest BCUT2D eigenvalue weighted by Crippen LogP contribution is 2.18. The second kappa shape index (κ2) is 42.5. The lowest BCUT2D eigenvalue weighted by Gasteiger charge is -2.24. The number of aliphatic carboxylic acids is 2. The van der Waals surface area contributed by atoms with Gasteiger partial charge in [0.25, 0.3) is 0 Å². The van der Waals surface area contributed by atoms with Gasteiger partial charge in [0.2, 0.25) is 12.2 Å². The molecule has 0 saturated heterocycles. The molecular formula is C48H86O12. The van der Waals surface area contributed by atoms with Crippen LogP contribution in [0.3, 0.4) is 0 Å². The zero-order chi connectivity index (χ0) is 44.3. The highest BCUT2D eigenvalue weighted by Gasteiger charge is 2.42. The maximum Gasteiger partial charge on any atom is 0.352 e. The molecule has 0 aromatic rings. The van der Waals surface area contributed by atoms with Crippen LogP contribution < -0.4 is 0 Å². The number of hydrogen-bond acceptors (Lipinski definition) is 10. The number of carbonyl (C=O) groups excluding carboxylic acids is 4. The van der Waals surface area contributed by atoms with Crippen molar-refractivity contribution in [2.75, 3.05) is 13.2 Å². The lowest BCUT2D eigenvalue weighted by atomic mass is 10.0. The van der Waals surface area contributed by atoms with Crippen LogP contribution in [0.15, 0.2) is 0 Å². The molecule has 0 fully saturated rings. The third-order valence-electron chi connectivity index (χ3n) is 10.8. The zero-order valence-corrected chi connectivity index (χ0v) is 38.0. The predicted octanol–water partition coefficient (Wildman–Crippen LogP) is 12.1. The molecule has 12 heteroatoms. The Balaban J connectivity index is 4.83. The smallest absolute Gasteiger partial charge is 0.352 e. The maximum atomic E-state index is 13.3. The van der Waals surface area contributed by atoms with Gasteiger partial charge >= 0.3 is 35.8 Å². The van der Waals surface area contributed by atoms with Crippen molar-refractivity contribution in [3.63, 3.8) is 0 Å². The summed E-state index contributed by atoms with van der Waals surface area (Å²) in [6, 6.07) is 0. The quantitative estimate of drug-likeness (QED) is 0.0337. The van der Waals surface area contributed by atoms with Crippen LogP contribution in [0.4, 0.5) is 0 Å². The fraction of sp³-hybridized carbons (Fsp3) is 0.875. The molecule has 0 spiro atoms. The number of unbranched alkanes of at least 4 members (excludes halogenated alkanes) is 30. The van der Waals surface area contributed by atoms with Crippen molar-refractivity contribution in [3.8, 4) is 0 Å². The summed E-state index contributed by atoms with van der Waals surface area (Å²) in [6.45, 7) is 4.41. The number of carbonyl (C=O) groups is 6. The van der Waals surface area contributed by atoms with Crippen molar-refractivity contribution in [1.82, 2.24) is 0 Å². The van der Waals surface area contributed by atoms with Gasteiger partial charge in [0, 0.05) is 0 Å². The van der Waals surface area contributed by atoms with Gasteiger partial charge in [-0.05, 0) is 12.8 Å². The molecule has 60 heavy (non-hydrogen) atoms. The van der Waals surface area contributed by atoms with Gasteiger partial charge in [0.1, 0.15) is 0 Å². The van der Waals surface area contributed by atoms with E-state index >= 15 is 0 Å². The van der Waals surface area contributed by atoms with Gasteiger partial charge in [-0.15, -0.1) is 0 Å². The van der Waals surface area contributed by atoms with Crippen LogP contribution in [0, 0.1) is 0 Å². The Hall–Kier alpha value is -3.18. The van der Waals surface area contributed by atoms with Crippen molar-refractivity contribution < 1.29 is 57.9 Å². The number of carboxylic acid groups (broad SMARTS) is 2. The minimum absolute atomic E-state index is 0.0334. The molecule has 2 unspecified atom stereocenters. The summed E-state index contributed by atoms with van der Waals surface area (Å²) in [5.41, 5.74) is 0. The molecular weight excluding hydrogens is 769 g/mol. The van der Waals surface area contributed by atoms with E-state index in [9.17, 15) is 28.8 Å². The summed E-state index contributed by atoms with van der Waals surface area (Å²) in [5.74, 6) is -7.06. The largest absolute Gasteiger partial charge is 0.481 e. The topological polar surface area (TPSA) is 180 Å². The molecule has 0 aromatic carbocycles. The normalized spacial score (nSPS) is 12.1. The lowest BCUT2D eigenvalue weighted by Crippen LogP contribution is -2.47. The van der Waals surface area contributed by atoms with Gasteiger partial charge in [-0.3, -0.25) is 19.2 Å². The number of esters is 4. The summed E-state index contributed by atoms with van der Waals surface area (Å²) in [4.78, 5) is 73.9. The number of carboxylic acids is 2. The minimum Gasteiger partial charge on any atom is -0.481 e. The Morgan fingerprint density at radius 2 is 0.550 bits per heavy atom. The van der Waals surface area contributed by atoms with E-state index in [0.29, 0.717) is 12.8 Å². The van der Waals surface area contributed by atoms with E-state index in [0.717, 1.165) is 51.4 Å². The third-order valence-corrected chi connectivity index (χ3v) is 10.8. The summed E-state index contributed by atoms with van der Waals surface area (Å²) in [6.07, 6.45) is 31.2. The second-order valence-corrected chi connectivity index (χ2v) is 16.5. The van der Waals surface area contributed by atoms with E-state index < -0.39 is 73.7 Å². The summed E-state index contributed by atoms with van der Waals surface area (Å²) in [5, 5.41) is 18.0. The van der Waals surface area contributed by atoms with Crippen LogP contribution in [0.25, 0.3) is 0 Å². The van der Waals surface area contributed by atoms with Gasteiger partial charge in [0.05, 0.1) is 38.9 Å². The van der Waals surface area contributed by atoms with Crippen molar-refractivity contribution in [1.29, 1.82) is 0 Å². The van der Waals surface area contributed by atoms with E-state index in [1.165, 1.54) is 141 Å². The molecule has 2 atom stereocenters. The standard InChI is InChI=1S/C48H86O12/c1-3-5-7-9-11-13-15-17-19-21-23-25-27-29-31-33-39-57-47(55)45(59-43(53)37-35-41(49)50)46(60-44(54)38-36-42(51)52)48(56)58-40-34-32-30-28-26-24-22-20-18-16-14-12-10-8-6-4-2/h45-46H,3-40H2,1-2H3,(H,49,50)(H,51,52). The number of hydrogen-bond donors (Lipinski definition) is 2. The average Bonchev–Trinajstić information content (AvgIpc) is 3.22. The van der Waals surface area contributed by atoms with Gasteiger partial charge in [-0.2, -0.15) is 0 Å².